The highest BCUT2D eigenvalue weighted by Gasteiger charge is 2.33. The van der Waals surface area contributed by atoms with Crippen LogP contribution in [0.2, 0.25) is 0 Å². The fourth-order valence-corrected chi connectivity index (χ4v) is 1.67. The fraction of sp³-hybridized carbons (Fsp3) is 0.500. The summed E-state index contributed by atoms with van der Waals surface area (Å²) in [6.07, 6.45) is 2.63. The molecule has 0 saturated heterocycles. The van der Waals surface area contributed by atoms with E-state index in [1.807, 2.05) is 13.8 Å². The number of carbonyl (C=O) groups is 1. The maximum Gasteiger partial charge on any atom is 0.231 e. The Morgan fingerprint density at radius 1 is 1.47 bits per heavy atom. The Balaban J connectivity index is 2.80. The minimum Gasteiger partial charge on any atom is -0.329 e. The zero-order chi connectivity index (χ0) is 12.9. The van der Waals surface area contributed by atoms with E-state index in [0.717, 1.165) is 0 Å². The second-order valence-electron chi connectivity index (χ2n) is 4.02. The molecular formula is C12H18FN3O. The summed E-state index contributed by atoms with van der Waals surface area (Å²) in [6, 6.07) is 2.68. The molecule has 5 heteroatoms. The summed E-state index contributed by atoms with van der Waals surface area (Å²) < 4.78 is 12.6. The van der Waals surface area contributed by atoms with Crippen LogP contribution in [-0.4, -0.2) is 17.4 Å². The van der Waals surface area contributed by atoms with Crippen LogP contribution in [0.15, 0.2) is 18.3 Å². The first-order valence-electron chi connectivity index (χ1n) is 5.71. The Morgan fingerprint density at radius 3 is 2.53 bits per heavy atom. The molecule has 0 saturated carbocycles. The number of nitrogens with one attached hydrogen (secondary N) is 1. The summed E-state index contributed by atoms with van der Waals surface area (Å²) in [7, 11) is 0. The molecule has 0 atom stereocenters. The third-order valence-corrected chi connectivity index (χ3v) is 3.21. The van der Waals surface area contributed by atoms with Gasteiger partial charge in [0.15, 0.2) is 0 Å². The van der Waals surface area contributed by atoms with Gasteiger partial charge in [0, 0.05) is 6.54 Å². The third kappa shape index (κ3) is 3.00. The number of amides is 1. The van der Waals surface area contributed by atoms with Gasteiger partial charge in [0.2, 0.25) is 11.9 Å². The van der Waals surface area contributed by atoms with Crippen molar-refractivity contribution in [1.29, 1.82) is 0 Å². The average molecular weight is 239 g/mol. The number of hydrogen-bond acceptors (Lipinski definition) is 3. The van der Waals surface area contributed by atoms with Gasteiger partial charge < -0.3 is 11.1 Å². The Hall–Kier alpha value is -1.49. The molecule has 1 rings (SSSR count). The molecule has 4 nitrogen and oxygen atoms in total. The molecule has 0 aliphatic heterocycles. The maximum atomic E-state index is 12.6. The zero-order valence-corrected chi connectivity index (χ0v) is 10.2. The van der Waals surface area contributed by atoms with E-state index in [4.69, 9.17) is 5.73 Å². The van der Waals surface area contributed by atoms with Gasteiger partial charge in [-0.25, -0.2) is 4.98 Å². The van der Waals surface area contributed by atoms with Crippen molar-refractivity contribution >= 4 is 11.6 Å². The molecule has 17 heavy (non-hydrogen) atoms. The number of nitrogens with two attached hydrogens (primary N) is 1. The van der Waals surface area contributed by atoms with Crippen molar-refractivity contribution in [2.45, 2.75) is 26.7 Å². The van der Waals surface area contributed by atoms with Crippen molar-refractivity contribution < 1.29 is 9.18 Å². The van der Waals surface area contributed by atoms with E-state index in [0.29, 0.717) is 25.1 Å². The number of rotatable bonds is 5. The number of carbonyl (C=O) groups excluding carboxylic acids is 1. The van der Waals surface area contributed by atoms with Crippen LogP contribution < -0.4 is 11.1 Å². The minimum atomic E-state index is -0.570. The highest BCUT2D eigenvalue weighted by Crippen LogP contribution is 2.26. The third-order valence-electron chi connectivity index (χ3n) is 3.21. The molecule has 0 aromatic carbocycles. The molecule has 0 aliphatic carbocycles. The maximum absolute atomic E-state index is 12.6. The summed E-state index contributed by atoms with van der Waals surface area (Å²) in [5.41, 5.74) is 5.59. The lowest BCUT2D eigenvalue weighted by atomic mass is 9.81. The van der Waals surface area contributed by atoms with Crippen molar-refractivity contribution in [2.75, 3.05) is 11.9 Å². The molecule has 1 aromatic rings. The van der Waals surface area contributed by atoms with Crippen LogP contribution in [0.25, 0.3) is 0 Å². The molecule has 0 bridgehead atoms. The monoisotopic (exact) mass is 239 g/mol. The van der Waals surface area contributed by atoms with Gasteiger partial charge in [-0.15, -0.1) is 0 Å². The van der Waals surface area contributed by atoms with Crippen molar-refractivity contribution in [3.05, 3.63) is 24.3 Å². The number of pyridine rings is 1. The van der Waals surface area contributed by atoms with Crippen molar-refractivity contribution in [3.8, 4) is 0 Å². The number of aromatic nitrogens is 1. The fourth-order valence-electron chi connectivity index (χ4n) is 1.67. The van der Waals surface area contributed by atoms with Gasteiger partial charge in [-0.3, -0.25) is 4.79 Å². The molecule has 1 aromatic heterocycles. The largest absolute Gasteiger partial charge is 0.329 e. The second kappa shape index (κ2) is 5.72. The molecule has 3 N–H and O–H groups in total. The predicted molar refractivity (Wildman–Crippen MR) is 64.9 cm³/mol. The van der Waals surface area contributed by atoms with Crippen molar-refractivity contribution in [1.82, 2.24) is 4.98 Å². The SMILES string of the molecule is CCC(CC)(CN)C(=O)Nc1ccc(F)nc1. The van der Waals surface area contributed by atoms with E-state index in [1.165, 1.54) is 18.3 Å². The molecule has 0 radical (unpaired) electrons. The van der Waals surface area contributed by atoms with Gasteiger partial charge in [-0.1, -0.05) is 13.8 Å². The van der Waals surface area contributed by atoms with Gasteiger partial charge >= 0.3 is 0 Å². The molecule has 1 heterocycles. The van der Waals surface area contributed by atoms with Gasteiger partial charge in [-0.05, 0) is 25.0 Å². The van der Waals surface area contributed by atoms with Crippen LogP contribution in [0.1, 0.15) is 26.7 Å². The predicted octanol–water partition coefficient (Wildman–Crippen LogP) is 1.92. The molecule has 1 amide bonds. The molecule has 0 spiro atoms. The number of hydrogen-bond donors (Lipinski definition) is 2. The summed E-state index contributed by atoms with van der Waals surface area (Å²) in [5, 5.41) is 2.71. The van der Waals surface area contributed by atoms with E-state index in [9.17, 15) is 9.18 Å². The smallest absolute Gasteiger partial charge is 0.231 e. The van der Waals surface area contributed by atoms with Crippen LogP contribution in [0.3, 0.4) is 0 Å². The number of anilines is 1. The quantitative estimate of drug-likeness (QED) is 0.771. The van der Waals surface area contributed by atoms with E-state index < -0.39 is 11.4 Å². The lowest BCUT2D eigenvalue weighted by Gasteiger charge is -2.28. The molecule has 0 aliphatic rings. The molecule has 0 fully saturated rings. The van der Waals surface area contributed by atoms with E-state index in [2.05, 4.69) is 10.3 Å². The lowest BCUT2D eigenvalue weighted by Crippen LogP contribution is -2.41. The Kier molecular flexibility index (Phi) is 4.57. The van der Waals surface area contributed by atoms with Crippen LogP contribution in [0.4, 0.5) is 10.1 Å². The Morgan fingerprint density at radius 2 is 2.12 bits per heavy atom. The normalized spacial score (nSPS) is 11.3. The molecule has 94 valence electrons. The first-order valence-corrected chi connectivity index (χ1v) is 5.71. The van der Waals surface area contributed by atoms with E-state index in [1.54, 1.807) is 0 Å². The van der Waals surface area contributed by atoms with Crippen LogP contribution in [-0.2, 0) is 4.79 Å². The summed E-state index contributed by atoms with van der Waals surface area (Å²) in [6.45, 7) is 4.15. The van der Waals surface area contributed by atoms with Crippen LogP contribution >= 0.6 is 0 Å². The summed E-state index contributed by atoms with van der Waals surface area (Å²) >= 11 is 0. The highest BCUT2D eigenvalue weighted by atomic mass is 19.1. The average Bonchev–Trinajstić information content (AvgIpc) is 2.35. The first kappa shape index (κ1) is 13.6. The van der Waals surface area contributed by atoms with Gasteiger partial charge in [0.05, 0.1) is 17.3 Å². The number of halogens is 1. The summed E-state index contributed by atoms with van der Waals surface area (Å²) in [5.74, 6) is -0.711. The highest BCUT2D eigenvalue weighted by molar-refractivity contribution is 5.95. The van der Waals surface area contributed by atoms with Gasteiger partial charge in [0.1, 0.15) is 0 Å². The standard InChI is InChI=1S/C12H18FN3O/c1-3-12(4-2,8-14)11(17)16-9-5-6-10(13)15-7-9/h5-7H,3-4,8,14H2,1-2H3,(H,16,17). The summed E-state index contributed by atoms with van der Waals surface area (Å²) in [4.78, 5) is 15.6. The van der Waals surface area contributed by atoms with E-state index in [-0.39, 0.29) is 5.91 Å². The molecular weight excluding hydrogens is 221 g/mol. The molecule has 0 unspecified atom stereocenters. The second-order valence-corrected chi connectivity index (χ2v) is 4.02. The first-order chi connectivity index (χ1) is 8.07. The topological polar surface area (TPSA) is 68.0 Å². The van der Waals surface area contributed by atoms with E-state index >= 15 is 0 Å². The van der Waals surface area contributed by atoms with Gasteiger partial charge in [0.25, 0.3) is 0 Å². The number of nitrogens with zero attached hydrogens (tertiary/aromatic N) is 1. The van der Waals surface area contributed by atoms with Crippen molar-refractivity contribution in [3.63, 3.8) is 0 Å². The Bertz CT molecular complexity index is 366. The van der Waals surface area contributed by atoms with Crippen molar-refractivity contribution in [2.24, 2.45) is 11.1 Å². The Labute approximate surface area is 100 Å². The minimum absolute atomic E-state index is 0.140. The van der Waals surface area contributed by atoms with Gasteiger partial charge in [-0.2, -0.15) is 4.39 Å². The zero-order valence-electron chi connectivity index (χ0n) is 10.2. The lowest BCUT2D eigenvalue weighted by molar-refractivity contribution is -0.125. The van der Waals surface area contributed by atoms with Crippen LogP contribution in [0, 0.1) is 11.4 Å². The van der Waals surface area contributed by atoms with Crippen LogP contribution in [0.5, 0.6) is 0 Å².